The van der Waals surface area contributed by atoms with Crippen molar-refractivity contribution in [2.24, 2.45) is 11.3 Å². The quantitative estimate of drug-likeness (QED) is 0.792. The average Bonchev–Trinajstić information content (AvgIpc) is 2.88. The van der Waals surface area contributed by atoms with Gasteiger partial charge in [0.15, 0.2) is 0 Å². The van der Waals surface area contributed by atoms with Crippen molar-refractivity contribution in [1.29, 1.82) is 0 Å². The molecule has 0 spiro atoms. The summed E-state index contributed by atoms with van der Waals surface area (Å²) in [6.07, 6.45) is 0. The van der Waals surface area contributed by atoms with Crippen LogP contribution in [0.2, 0.25) is 0 Å². The summed E-state index contributed by atoms with van der Waals surface area (Å²) < 4.78 is 0. The van der Waals surface area contributed by atoms with E-state index in [1.807, 2.05) is 0 Å². The third kappa shape index (κ3) is 1.69. The van der Waals surface area contributed by atoms with Gasteiger partial charge in [0.2, 0.25) is 0 Å². The molecule has 0 N–H and O–H groups in total. The maximum absolute atomic E-state index is 2.73. The summed E-state index contributed by atoms with van der Waals surface area (Å²) in [5, 5.41) is 0. The molecular formula is C21H25N. The lowest BCUT2D eigenvalue weighted by Gasteiger charge is -2.28. The molecule has 0 unspecified atom stereocenters. The summed E-state index contributed by atoms with van der Waals surface area (Å²) in [7, 11) is 0. The first-order chi connectivity index (χ1) is 10.6. The van der Waals surface area contributed by atoms with Gasteiger partial charge in [0, 0.05) is 24.5 Å². The summed E-state index contributed by atoms with van der Waals surface area (Å²) in [6.45, 7) is 9.66. The van der Waals surface area contributed by atoms with Gasteiger partial charge in [-0.05, 0) is 29.4 Å². The number of piperidine rings is 1. The zero-order valence-electron chi connectivity index (χ0n) is 13.8. The van der Waals surface area contributed by atoms with Gasteiger partial charge >= 0.3 is 0 Å². The van der Waals surface area contributed by atoms with Crippen LogP contribution in [0.4, 0.5) is 0 Å². The Morgan fingerprint density at radius 3 is 2.18 bits per heavy atom. The van der Waals surface area contributed by atoms with Crippen molar-refractivity contribution in [1.82, 2.24) is 4.90 Å². The summed E-state index contributed by atoms with van der Waals surface area (Å²) in [5.41, 5.74) is 3.68. The first-order valence-corrected chi connectivity index (χ1v) is 8.42. The van der Waals surface area contributed by atoms with Crippen molar-refractivity contribution >= 4 is 0 Å². The molecule has 2 fully saturated rings. The van der Waals surface area contributed by atoms with Crippen molar-refractivity contribution in [2.75, 3.05) is 6.54 Å². The molecule has 0 aromatic heterocycles. The number of benzene rings is 2. The van der Waals surface area contributed by atoms with E-state index in [9.17, 15) is 0 Å². The zero-order chi connectivity index (χ0) is 15.4. The highest BCUT2D eigenvalue weighted by Crippen LogP contribution is 2.75. The minimum atomic E-state index is 0.337. The van der Waals surface area contributed by atoms with Crippen molar-refractivity contribution < 1.29 is 0 Å². The molecule has 1 heterocycles. The number of likely N-dealkylation sites (tertiary alicyclic amines) is 1. The SMILES string of the molecule is C[C@@H]1[C@]2(C)[C@H](c3ccccc3)CN(Cc3ccccc3)[C@]12C. The molecule has 0 radical (unpaired) electrons. The first kappa shape index (κ1) is 14.0. The standard InChI is InChI=1S/C21H25N/c1-16-20(2)19(18-12-8-5-9-13-18)15-22(21(16,20)3)14-17-10-6-4-7-11-17/h4-13,16,19H,14-15H2,1-3H3/t16-,19+,20-,21-/m1/s1. The van der Waals surface area contributed by atoms with Gasteiger partial charge in [-0.2, -0.15) is 0 Å². The minimum absolute atomic E-state index is 0.337. The smallest absolute Gasteiger partial charge is 0.0279 e. The molecule has 4 rings (SSSR count). The molecule has 2 aliphatic rings. The summed E-state index contributed by atoms with van der Waals surface area (Å²) >= 11 is 0. The number of hydrogen-bond donors (Lipinski definition) is 0. The molecule has 1 saturated heterocycles. The molecule has 1 nitrogen and oxygen atoms in total. The molecule has 1 saturated carbocycles. The first-order valence-electron chi connectivity index (χ1n) is 8.42. The van der Waals surface area contributed by atoms with Crippen molar-refractivity contribution in [2.45, 2.75) is 38.8 Å². The lowest BCUT2D eigenvalue weighted by molar-refractivity contribution is 0.194. The van der Waals surface area contributed by atoms with Gasteiger partial charge in [-0.25, -0.2) is 0 Å². The largest absolute Gasteiger partial charge is 0.292 e. The van der Waals surface area contributed by atoms with E-state index in [0.717, 1.165) is 12.5 Å². The van der Waals surface area contributed by atoms with Gasteiger partial charge in [0.25, 0.3) is 0 Å². The van der Waals surface area contributed by atoms with E-state index in [0.29, 0.717) is 16.9 Å². The fraction of sp³-hybridized carbons (Fsp3) is 0.429. The molecule has 1 aliphatic carbocycles. The molecule has 0 amide bonds. The Morgan fingerprint density at radius 2 is 1.55 bits per heavy atom. The van der Waals surface area contributed by atoms with E-state index >= 15 is 0 Å². The van der Waals surface area contributed by atoms with E-state index in [2.05, 4.69) is 86.3 Å². The Kier molecular flexibility index (Phi) is 2.99. The van der Waals surface area contributed by atoms with Crippen LogP contribution in [0.5, 0.6) is 0 Å². The van der Waals surface area contributed by atoms with Gasteiger partial charge in [-0.3, -0.25) is 4.90 Å². The van der Waals surface area contributed by atoms with Crippen molar-refractivity contribution in [3.63, 3.8) is 0 Å². The number of rotatable bonds is 3. The van der Waals surface area contributed by atoms with E-state index in [-0.39, 0.29) is 0 Å². The topological polar surface area (TPSA) is 3.24 Å². The van der Waals surface area contributed by atoms with E-state index in [1.165, 1.54) is 17.7 Å². The van der Waals surface area contributed by atoms with Crippen LogP contribution in [-0.4, -0.2) is 17.0 Å². The molecule has 4 atom stereocenters. The van der Waals surface area contributed by atoms with Crippen LogP contribution in [0.1, 0.15) is 37.8 Å². The summed E-state index contributed by atoms with van der Waals surface area (Å²) in [4.78, 5) is 2.73. The van der Waals surface area contributed by atoms with Crippen LogP contribution in [-0.2, 0) is 6.54 Å². The predicted octanol–water partition coefficient (Wildman–Crippen LogP) is 4.70. The maximum Gasteiger partial charge on any atom is 0.0279 e. The number of hydrogen-bond acceptors (Lipinski definition) is 1. The van der Waals surface area contributed by atoms with Crippen molar-refractivity contribution in [3.05, 3.63) is 71.8 Å². The fourth-order valence-electron chi connectivity index (χ4n) is 5.11. The molecule has 1 aliphatic heterocycles. The molecule has 2 aromatic rings. The average molecular weight is 291 g/mol. The van der Waals surface area contributed by atoms with Crippen LogP contribution < -0.4 is 0 Å². The fourth-order valence-corrected chi connectivity index (χ4v) is 5.11. The van der Waals surface area contributed by atoms with Crippen LogP contribution in [0.3, 0.4) is 0 Å². The Balaban J connectivity index is 1.66. The van der Waals surface area contributed by atoms with E-state index in [4.69, 9.17) is 0 Å². The Morgan fingerprint density at radius 1 is 0.955 bits per heavy atom. The monoisotopic (exact) mass is 291 g/mol. The van der Waals surface area contributed by atoms with E-state index < -0.39 is 0 Å². The van der Waals surface area contributed by atoms with Gasteiger partial charge in [-0.15, -0.1) is 0 Å². The molecule has 1 heteroatoms. The lowest BCUT2D eigenvalue weighted by atomic mass is 9.83. The van der Waals surface area contributed by atoms with Crippen molar-refractivity contribution in [3.8, 4) is 0 Å². The normalized spacial score (nSPS) is 37.0. The highest BCUT2D eigenvalue weighted by atomic mass is 15.3. The predicted molar refractivity (Wildman–Crippen MR) is 91.7 cm³/mol. The third-order valence-corrected chi connectivity index (χ3v) is 6.95. The second kappa shape index (κ2) is 4.70. The molecule has 2 aromatic carbocycles. The number of nitrogens with zero attached hydrogens (tertiary/aromatic N) is 1. The Bertz CT molecular complexity index is 665. The molecule has 0 bridgehead atoms. The van der Waals surface area contributed by atoms with Gasteiger partial charge < -0.3 is 0 Å². The second-order valence-corrected chi connectivity index (χ2v) is 7.48. The summed E-state index contributed by atoms with van der Waals surface area (Å²) in [6, 6.07) is 22.0. The highest BCUT2D eigenvalue weighted by molar-refractivity contribution is 5.39. The lowest BCUT2D eigenvalue weighted by Crippen LogP contribution is -2.34. The Hall–Kier alpha value is -1.60. The van der Waals surface area contributed by atoms with Crippen LogP contribution in [0.15, 0.2) is 60.7 Å². The number of fused-ring (bicyclic) bond motifs is 1. The highest BCUT2D eigenvalue weighted by Gasteiger charge is 2.77. The molecule has 114 valence electrons. The van der Waals surface area contributed by atoms with Crippen LogP contribution in [0.25, 0.3) is 0 Å². The Labute approximate surface area is 134 Å². The van der Waals surface area contributed by atoms with E-state index in [1.54, 1.807) is 0 Å². The molecular weight excluding hydrogens is 266 g/mol. The van der Waals surface area contributed by atoms with Gasteiger partial charge in [0.05, 0.1) is 0 Å². The summed E-state index contributed by atoms with van der Waals surface area (Å²) in [5.74, 6) is 1.40. The van der Waals surface area contributed by atoms with Gasteiger partial charge in [0.1, 0.15) is 0 Å². The third-order valence-electron chi connectivity index (χ3n) is 6.95. The van der Waals surface area contributed by atoms with Crippen LogP contribution in [0, 0.1) is 11.3 Å². The molecule has 22 heavy (non-hydrogen) atoms. The van der Waals surface area contributed by atoms with Gasteiger partial charge in [-0.1, -0.05) is 74.5 Å². The second-order valence-electron chi connectivity index (χ2n) is 7.48. The maximum atomic E-state index is 2.73. The minimum Gasteiger partial charge on any atom is -0.292 e. The zero-order valence-corrected chi connectivity index (χ0v) is 13.8. The van der Waals surface area contributed by atoms with Crippen LogP contribution >= 0.6 is 0 Å².